The fourth-order valence-electron chi connectivity index (χ4n) is 10.2. The molecule has 6 rings (SSSR count). The van der Waals surface area contributed by atoms with E-state index in [4.69, 9.17) is 4.74 Å². The number of ether oxygens (including phenoxy) is 1. The van der Waals surface area contributed by atoms with E-state index in [2.05, 4.69) is 37.7 Å². The molecule has 2 aliphatic heterocycles. The molecule has 0 aromatic heterocycles. The Morgan fingerprint density at radius 2 is 1.89 bits per heavy atom. The van der Waals surface area contributed by atoms with E-state index >= 15 is 0 Å². The van der Waals surface area contributed by atoms with Crippen LogP contribution < -0.4 is 10.0 Å². The van der Waals surface area contributed by atoms with Crippen molar-refractivity contribution in [1.29, 1.82) is 0 Å². The molecule has 35 heavy (non-hydrogen) atoms. The van der Waals surface area contributed by atoms with Crippen LogP contribution in [-0.2, 0) is 14.8 Å². The van der Waals surface area contributed by atoms with Crippen molar-refractivity contribution in [3.8, 4) is 0 Å². The largest absolute Gasteiger partial charge is 0.369 e. The molecule has 6 heteroatoms. The predicted molar refractivity (Wildman–Crippen MR) is 140 cm³/mol. The lowest BCUT2D eigenvalue weighted by Crippen LogP contribution is -2.50. The second-order valence-corrected chi connectivity index (χ2v) is 15.8. The first kappa shape index (κ1) is 24.9. The molecule has 0 aromatic rings. The second-order valence-electron chi connectivity index (χ2n) is 14.0. The molecule has 11 atom stereocenters. The van der Waals surface area contributed by atoms with Crippen molar-refractivity contribution in [1.82, 2.24) is 10.0 Å². The Labute approximate surface area is 213 Å². The lowest BCUT2D eigenvalue weighted by Gasteiger charge is -2.54. The second kappa shape index (κ2) is 8.54. The van der Waals surface area contributed by atoms with Gasteiger partial charge in [0.15, 0.2) is 0 Å². The number of allylic oxidation sites excluding steroid dienone is 1. The van der Waals surface area contributed by atoms with Crippen LogP contribution in [0, 0.1) is 40.9 Å². The van der Waals surface area contributed by atoms with Gasteiger partial charge in [-0.3, -0.25) is 0 Å². The van der Waals surface area contributed by atoms with Gasteiger partial charge in [0.1, 0.15) is 0 Å². The number of hydrogen-bond acceptors (Lipinski definition) is 4. The van der Waals surface area contributed by atoms with Crippen LogP contribution in [0.25, 0.3) is 0 Å². The summed E-state index contributed by atoms with van der Waals surface area (Å²) in [5.74, 6) is 4.28. The fraction of sp³-hybridized carbons (Fsp3) is 0.931. The Bertz CT molecular complexity index is 994. The average Bonchev–Trinajstić information content (AvgIpc) is 3.23. The third kappa shape index (κ3) is 4.08. The number of hydrogen-bond donors (Lipinski definition) is 2. The molecule has 5 nitrogen and oxygen atoms in total. The summed E-state index contributed by atoms with van der Waals surface area (Å²) < 4.78 is 33.7. The van der Waals surface area contributed by atoms with E-state index in [-0.39, 0.29) is 11.6 Å². The van der Waals surface area contributed by atoms with Gasteiger partial charge in [-0.2, -0.15) is 0 Å². The van der Waals surface area contributed by atoms with Gasteiger partial charge in [0.05, 0.1) is 18.0 Å². The SMILES string of the molecule is CC1=C2C[C@H]3[C@@H](CC[C@@H]4C[C@@H](NS(C)(=O)=O)CC[C@@]43C)[C@@H]2CC[C@@]2(C1)OC1C[C@H](C)CN[C@H]1[C@H]2C. The Morgan fingerprint density at radius 3 is 2.66 bits per heavy atom. The first-order chi connectivity index (χ1) is 16.5. The van der Waals surface area contributed by atoms with Crippen molar-refractivity contribution >= 4 is 10.0 Å². The Balaban J connectivity index is 1.22. The van der Waals surface area contributed by atoms with Gasteiger partial charge >= 0.3 is 0 Å². The molecule has 0 radical (unpaired) electrons. The predicted octanol–water partition coefficient (Wildman–Crippen LogP) is 5.03. The van der Waals surface area contributed by atoms with Crippen LogP contribution in [0.3, 0.4) is 0 Å². The van der Waals surface area contributed by atoms with E-state index in [1.54, 1.807) is 11.1 Å². The summed E-state index contributed by atoms with van der Waals surface area (Å²) in [6.45, 7) is 11.0. The molecule has 0 aromatic carbocycles. The molecule has 198 valence electrons. The summed E-state index contributed by atoms with van der Waals surface area (Å²) in [4.78, 5) is 0. The molecule has 6 aliphatic rings. The quantitative estimate of drug-likeness (QED) is 0.518. The maximum Gasteiger partial charge on any atom is 0.208 e. The highest BCUT2D eigenvalue weighted by Gasteiger charge is 2.59. The van der Waals surface area contributed by atoms with Crippen molar-refractivity contribution in [2.24, 2.45) is 40.9 Å². The lowest BCUT2D eigenvalue weighted by molar-refractivity contribution is -0.0746. The van der Waals surface area contributed by atoms with E-state index in [0.29, 0.717) is 35.3 Å². The normalized spacial score (nSPS) is 52.0. The number of fused-ring (bicyclic) bond motifs is 6. The Morgan fingerprint density at radius 1 is 1.09 bits per heavy atom. The lowest BCUT2D eigenvalue weighted by atomic mass is 9.52. The van der Waals surface area contributed by atoms with Crippen LogP contribution in [0.5, 0.6) is 0 Å². The van der Waals surface area contributed by atoms with Crippen LogP contribution in [0.4, 0.5) is 0 Å². The molecular formula is C29H48N2O3S. The van der Waals surface area contributed by atoms with E-state index in [1.807, 2.05) is 0 Å². The summed E-state index contributed by atoms with van der Waals surface area (Å²) in [5, 5.41) is 3.85. The van der Waals surface area contributed by atoms with Crippen molar-refractivity contribution < 1.29 is 13.2 Å². The standard InChI is InChI=1S/C29H48N2O3S/c1-17-12-26-27(30-16-17)19(3)29(34-26)11-9-22-23-7-6-20-13-21(31-35(5,32)33)8-10-28(20,4)25(23)14-24(22)18(2)15-29/h17,19-23,25-27,30-31H,6-16H2,1-5H3/t17-,19+,20+,21-,22-,23-,25-,26?,27-,28-,29-/m0/s1. The molecule has 1 spiro atoms. The van der Waals surface area contributed by atoms with E-state index in [1.165, 1.54) is 51.2 Å². The minimum Gasteiger partial charge on any atom is -0.369 e. The van der Waals surface area contributed by atoms with Gasteiger partial charge in [0.25, 0.3) is 0 Å². The monoisotopic (exact) mass is 504 g/mol. The van der Waals surface area contributed by atoms with Crippen molar-refractivity contribution in [2.75, 3.05) is 12.8 Å². The number of nitrogens with one attached hydrogen (secondary N) is 2. The van der Waals surface area contributed by atoms with Crippen molar-refractivity contribution in [3.05, 3.63) is 11.1 Å². The van der Waals surface area contributed by atoms with E-state index < -0.39 is 10.0 Å². The van der Waals surface area contributed by atoms with Crippen LogP contribution in [0.15, 0.2) is 11.1 Å². The molecule has 2 heterocycles. The first-order valence-corrected chi connectivity index (χ1v) is 16.5. The van der Waals surface area contributed by atoms with Crippen LogP contribution >= 0.6 is 0 Å². The molecule has 0 amide bonds. The number of rotatable bonds is 2. The zero-order valence-electron chi connectivity index (χ0n) is 22.6. The molecule has 0 bridgehead atoms. The summed E-state index contributed by atoms with van der Waals surface area (Å²) >= 11 is 0. The van der Waals surface area contributed by atoms with Crippen LogP contribution in [0.2, 0.25) is 0 Å². The molecule has 1 unspecified atom stereocenters. The first-order valence-electron chi connectivity index (χ1n) is 14.6. The van der Waals surface area contributed by atoms with E-state index in [0.717, 1.165) is 43.6 Å². The Kier molecular flexibility index (Phi) is 6.07. The van der Waals surface area contributed by atoms with Crippen molar-refractivity contribution in [2.45, 2.75) is 116 Å². The van der Waals surface area contributed by atoms with Gasteiger partial charge in [0, 0.05) is 18.0 Å². The van der Waals surface area contributed by atoms with E-state index in [9.17, 15) is 8.42 Å². The third-order valence-electron chi connectivity index (χ3n) is 12.0. The molecule has 3 saturated carbocycles. The van der Waals surface area contributed by atoms with Gasteiger partial charge in [-0.25, -0.2) is 13.1 Å². The number of piperidine rings is 1. The van der Waals surface area contributed by atoms with Gasteiger partial charge in [0.2, 0.25) is 10.0 Å². The molecular weight excluding hydrogens is 456 g/mol. The molecule has 2 saturated heterocycles. The summed E-state index contributed by atoms with van der Waals surface area (Å²) in [6.07, 6.45) is 13.6. The zero-order valence-corrected chi connectivity index (χ0v) is 23.4. The van der Waals surface area contributed by atoms with Gasteiger partial charge in [-0.15, -0.1) is 0 Å². The molecule has 4 aliphatic carbocycles. The minimum atomic E-state index is -3.13. The topological polar surface area (TPSA) is 67.4 Å². The van der Waals surface area contributed by atoms with Crippen LogP contribution in [0.1, 0.15) is 91.9 Å². The summed E-state index contributed by atoms with van der Waals surface area (Å²) in [7, 11) is -3.13. The van der Waals surface area contributed by atoms with Gasteiger partial charge in [-0.05, 0) is 113 Å². The Hall–Kier alpha value is -0.430. The maximum atomic E-state index is 11.9. The van der Waals surface area contributed by atoms with Gasteiger partial charge in [-0.1, -0.05) is 31.9 Å². The van der Waals surface area contributed by atoms with Gasteiger partial charge < -0.3 is 10.1 Å². The smallest absolute Gasteiger partial charge is 0.208 e. The summed E-state index contributed by atoms with van der Waals surface area (Å²) in [6, 6.07) is 0.660. The maximum absolute atomic E-state index is 11.9. The highest BCUT2D eigenvalue weighted by molar-refractivity contribution is 7.88. The van der Waals surface area contributed by atoms with Crippen molar-refractivity contribution in [3.63, 3.8) is 0 Å². The highest BCUT2D eigenvalue weighted by Crippen LogP contribution is 2.65. The van der Waals surface area contributed by atoms with Crippen LogP contribution in [-0.4, -0.2) is 45.0 Å². The summed E-state index contributed by atoms with van der Waals surface area (Å²) in [5.41, 5.74) is 3.83. The third-order valence-corrected chi connectivity index (χ3v) is 12.8. The average molecular weight is 505 g/mol. The molecule has 2 N–H and O–H groups in total. The zero-order chi connectivity index (χ0) is 24.8. The minimum absolute atomic E-state index is 0.0276. The fourth-order valence-corrected chi connectivity index (χ4v) is 11.1. The molecule has 5 fully saturated rings. The number of sulfonamides is 1. The highest BCUT2D eigenvalue weighted by atomic mass is 32.2.